The SMILES string of the molecule is C=C(C)C(=O)OCCCc1cc(-c2ccc(C3CCC(CCCCC)CC3)cc2F)c(CC)cc1OCC(COC(=O)C(=C)C)(COC(=O)C(=C)CC(=O)OC)COC(=O)C(=C)CC(=O)OC. The quantitative estimate of drug-likeness (QED) is 0.0343. The van der Waals surface area contributed by atoms with E-state index in [2.05, 4.69) is 42.7 Å². The van der Waals surface area contributed by atoms with Gasteiger partial charge in [-0.1, -0.05) is 78.0 Å². The monoisotopic (exact) mass is 932 g/mol. The number of carbonyl (C=O) groups excluding carboxylic acids is 6. The summed E-state index contributed by atoms with van der Waals surface area (Å²) in [5.41, 5.74) is 1.53. The second-order valence-electron chi connectivity index (χ2n) is 17.5. The molecule has 2 aromatic rings. The lowest BCUT2D eigenvalue weighted by molar-refractivity contribution is -0.161. The van der Waals surface area contributed by atoms with Crippen molar-refractivity contribution in [2.75, 3.05) is 47.3 Å². The predicted octanol–water partition coefficient (Wildman–Crippen LogP) is 9.77. The Balaban J connectivity index is 2.08. The third-order valence-corrected chi connectivity index (χ3v) is 11.8. The molecule has 0 heterocycles. The number of aryl methyl sites for hydroxylation is 2. The highest BCUT2D eigenvalue weighted by atomic mass is 19.1. The van der Waals surface area contributed by atoms with Gasteiger partial charge in [0.25, 0.3) is 0 Å². The summed E-state index contributed by atoms with van der Waals surface area (Å²) in [4.78, 5) is 75.3. The Bertz CT molecular complexity index is 2080. The van der Waals surface area contributed by atoms with Gasteiger partial charge in [-0.05, 0) is 111 Å². The lowest BCUT2D eigenvalue weighted by Gasteiger charge is -2.32. The third-order valence-electron chi connectivity index (χ3n) is 11.8. The maximum absolute atomic E-state index is 16.4. The van der Waals surface area contributed by atoms with Crippen molar-refractivity contribution in [3.63, 3.8) is 0 Å². The molecule has 1 aliphatic carbocycles. The van der Waals surface area contributed by atoms with E-state index in [1.54, 1.807) is 19.1 Å². The summed E-state index contributed by atoms with van der Waals surface area (Å²) in [6.07, 6.45) is 9.42. The van der Waals surface area contributed by atoms with Crippen molar-refractivity contribution in [1.82, 2.24) is 0 Å². The number of halogens is 1. The number of ether oxygens (including phenoxy) is 7. The van der Waals surface area contributed by atoms with Crippen LogP contribution >= 0.6 is 0 Å². The van der Waals surface area contributed by atoms with Crippen molar-refractivity contribution < 1.29 is 66.3 Å². The molecule has 1 saturated carbocycles. The molecule has 14 heteroatoms. The Hall–Kier alpha value is -6.05. The Morgan fingerprint density at radius 2 is 1.21 bits per heavy atom. The van der Waals surface area contributed by atoms with Crippen LogP contribution in [0, 0.1) is 17.2 Å². The molecule has 0 aromatic heterocycles. The second kappa shape index (κ2) is 27.6. The van der Waals surface area contributed by atoms with Crippen molar-refractivity contribution in [3.8, 4) is 16.9 Å². The smallest absolute Gasteiger partial charge is 0.334 e. The van der Waals surface area contributed by atoms with Crippen LogP contribution in [-0.4, -0.2) is 83.1 Å². The van der Waals surface area contributed by atoms with Crippen LogP contribution in [0.4, 0.5) is 4.39 Å². The molecule has 0 unspecified atom stereocenters. The van der Waals surface area contributed by atoms with Crippen LogP contribution in [0.2, 0.25) is 0 Å². The first-order valence-electron chi connectivity index (χ1n) is 22.9. The van der Waals surface area contributed by atoms with E-state index in [-0.39, 0.29) is 40.6 Å². The minimum atomic E-state index is -1.65. The number of hydrogen-bond acceptors (Lipinski definition) is 13. The van der Waals surface area contributed by atoms with Crippen molar-refractivity contribution in [1.29, 1.82) is 0 Å². The van der Waals surface area contributed by atoms with Crippen molar-refractivity contribution in [3.05, 3.63) is 101 Å². The van der Waals surface area contributed by atoms with Gasteiger partial charge in [0.2, 0.25) is 0 Å². The average molecular weight is 933 g/mol. The summed E-state index contributed by atoms with van der Waals surface area (Å²) in [5.74, 6) is -3.85. The number of benzene rings is 2. The van der Waals surface area contributed by atoms with Crippen LogP contribution in [0.1, 0.15) is 121 Å². The van der Waals surface area contributed by atoms with Gasteiger partial charge in [0.1, 0.15) is 43.4 Å². The Kier molecular flexibility index (Phi) is 22.7. The molecule has 0 bridgehead atoms. The van der Waals surface area contributed by atoms with Crippen LogP contribution < -0.4 is 4.74 Å². The largest absolute Gasteiger partial charge is 0.492 e. The number of esters is 6. The highest BCUT2D eigenvalue weighted by Crippen LogP contribution is 2.40. The van der Waals surface area contributed by atoms with E-state index in [0.29, 0.717) is 41.7 Å². The fourth-order valence-electron chi connectivity index (χ4n) is 7.66. The molecule has 3 rings (SSSR count). The van der Waals surface area contributed by atoms with Gasteiger partial charge in [-0.25, -0.2) is 23.6 Å². The molecule has 0 amide bonds. The summed E-state index contributed by atoms with van der Waals surface area (Å²) in [5, 5.41) is 0. The number of methoxy groups -OCH3 is 2. The molecule has 13 nitrogen and oxygen atoms in total. The maximum Gasteiger partial charge on any atom is 0.334 e. The zero-order valence-corrected chi connectivity index (χ0v) is 40.3. The molecule has 0 N–H and O–H groups in total. The molecule has 2 aromatic carbocycles. The van der Waals surface area contributed by atoms with Crippen LogP contribution in [0.3, 0.4) is 0 Å². The molecule has 0 radical (unpaired) electrons. The first-order chi connectivity index (χ1) is 31.9. The highest BCUT2D eigenvalue weighted by Gasteiger charge is 2.39. The van der Waals surface area contributed by atoms with Gasteiger partial charge >= 0.3 is 35.8 Å². The van der Waals surface area contributed by atoms with Gasteiger partial charge in [-0.2, -0.15) is 0 Å². The summed E-state index contributed by atoms with van der Waals surface area (Å²) < 4.78 is 54.4. The molecule has 1 aliphatic rings. The van der Waals surface area contributed by atoms with Gasteiger partial charge < -0.3 is 33.2 Å². The van der Waals surface area contributed by atoms with Gasteiger partial charge in [0.15, 0.2) is 0 Å². The summed E-state index contributed by atoms with van der Waals surface area (Å²) in [6.45, 7) is 19.5. The molecule has 366 valence electrons. The zero-order chi connectivity index (χ0) is 49.7. The van der Waals surface area contributed by atoms with Crippen molar-refractivity contribution in [2.24, 2.45) is 11.3 Å². The van der Waals surface area contributed by atoms with E-state index >= 15 is 4.39 Å². The van der Waals surface area contributed by atoms with E-state index in [9.17, 15) is 28.8 Å². The molecule has 0 saturated heterocycles. The lowest BCUT2D eigenvalue weighted by Crippen LogP contribution is -2.44. The minimum Gasteiger partial charge on any atom is -0.492 e. The second-order valence-corrected chi connectivity index (χ2v) is 17.5. The highest BCUT2D eigenvalue weighted by molar-refractivity contribution is 5.94. The van der Waals surface area contributed by atoms with E-state index in [0.717, 1.165) is 56.9 Å². The van der Waals surface area contributed by atoms with Gasteiger partial charge in [-0.3, -0.25) is 9.59 Å². The number of unbranched alkanes of at least 4 members (excludes halogenated alkanes) is 2. The molecular formula is C53H69FO13. The van der Waals surface area contributed by atoms with E-state index in [1.807, 2.05) is 25.1 Å². The number of hydrogen-bond donors (Lipinski definition) is 0. The van der Waals surface area contributed by atoms with Gasteiger partial charge in [-0.15, -0.1) is 0 Å². The van der Waals surface area contributed by atoms with Crippen LogP contribution in [0.15, 0.2) is 78.9 Å². The van der Waals surface area contributed by atoms with Gasteiger partial charge in [0, 0.05) is 27.9 Å². The van der Waals surface area contributed by atoms with Crippen molar-refractivity contribution >= 4 is 35.8 Å². The van der Waals surface area contributed by atoms with E-state index in [1.165, 1.54) is 32.6 Å². The van der Waals surface area contributed by atoms with E-state index in [4.69, 9.17) is 23.7 Å². The molecule has 67 heavy (non-hydrogen) atoms. The summed E-state index contributed by atoms with van der Waals surface area (Å²) >= 11 is 0. The Labute approximate surface area is 395 Å². The van der Waals surface area contributed by atoms with Crippen LogP contribution in [0.25, 0.3) is 11.1 Å². The number of carbonyl (C=O) groups is 6. The first-order valence-corrected chi connectivity index (χ1v) is 22.9. The molecule has 1 fully saturated rings. The fraction of sp³-hybridized carbons (Fsp3) is 0.509. The normalized spacial score (nSPS) is 14.5. The molecule has 0 aliphatic heterocycles. The standard InChI is InChI=1S/C53H69FO13/c1-11-13-14-16-38-18-20-40(21-19-38)41-22-23-43(45(54)28-41)44-27-42(17-15-24-63-49(57)34(3)4)46(29-39(44)12-2)64-30-53(31-65-50(58)35(5)6,32-66-51(59)36(7)25-47(55)61-9)33-67-52(60)37(8)26-48(56)62-10/h22-23,27-29,38,40H,3,5,7-8,11-21,24-26,30-33H2,1-2,4,6,9-10H3. The van der Waals surface area contributed by atoms with E-state index < -0.39 is 80.5 Å². The van der Waals surface area contributed by atoms with Gasteiger partial charge in [0.05, 0.1) is 33.7 Å². The predicted molar refractivity (Wildman–Crippen MR) is 251 cm³/mol. The first kappa shape index (κ1) is 55.3. The molecule has 0 spiro atoms. The van der Waals surface area contributed by atoms with Crippen LogP contribution in [-0.2, 0) is 70.0 Å². The van der Waals surface area contributed by atoms with Crippen molar-refractivity contribution in [2.45, 2.75) is 117 Å². The third kappa shape index (κ3) is 17.6. The minimum absolute atomic E-state index is 0.0392. The summed E-state index contributed by atoms with van der Waals surface area (Å²) in [7, 11) is 2.30. The topological polar surface area (TPSA) is 167 Å². The summed E-state index contributed by atoms with van der Waals surface area (Å²) in [6, 6.07) is 9.11. The Morgan fingerprint density at radius 3 is 1.72 bits per heavy atom. The molecule has 0 atom stereocenters. The lowest BCUT2D eigenvalue weighted by atomic mass is 9.76. The Morgan fingerprint density at radius 1 is 0.657 bits per heavy atom. The maximum atomic E-state index is 16.4. The average Bonchev–Trinajstić information content (AvgIpc) is 3.31. The zero-order valence-electron chi connectivity index (χ0n) is 40.3. The van der Waals surface area contributed by atoms with Crippen LogP contribution in [0.5, 0.6) is 5.75 Å². The number of rotatable bonds is 28. The fourth-order valence-corrected chi connectivity index (χ4v) is 7.66. The molecular weight excluding hydrogens is 864 g/mol.